The van der Waals surface area contributed by atoms with Crippen molar-refractivity contribution in [1.29, 1.82) is 0 Å². The molecular formula is C16H25ClN2O. The SMILES string of the molecule is CC(N)C(C)C(=O)NC1CCCC1c1ccccc1.Cl. The van der Waals surface area contributed by atoms with Gasteiger partial charge < -0.3 is 11.1 Å². The van der Waals surface area contributed by atoms with Crippen molar-refractivity contribution in [2.45, 2.75) is 51.1 Å². The van der Waals surface area contributed by atoms with E-state index in [0.29, 0.717) is 5.92 Å². The number of nitrogens with one attached hydrogen (secondary N) is 1. The molecule has 0 aromatic heterocycles. The number of hydrogen-bond acceptors (Lipinski definition) is 2. The summed E-state index contributed by atoms with van der Waals surface area (Å²) in [6.07, 6.45) is 3.40. The maximum atomic E-state index is 12.1. The fraction of sp³-hybridized carbons (Fsp3) is 0.562. The van der Waals surface area contributed by atoms with Crippen molar-refractivity contribution in [1.82, 2.24) is 5.32 Å². The van der Waals surface area contributed by atoms with Crippen LogP contribution in [0.1, 0.15) is 44.6 Å². The van der Waals surface area contributed by atoms with Crippen LogP contribution in [0.5, 0.6) is 0 Å². The van der Waals surface area contributed by atoms with Crippen molar-refractivity contribution < 1.29 is 4.79 Å². The second-order valence-corrected chi connectivity index (χ2v) is 5.71. The van der Waals surface area contributed by atoms with Crippen molar-refractivity contribution in [2.24, 2.45) is 11.7 Å². The number of hydrogen-bond donors (Lipinski definition) is 2. The summed E-state index contributed by atoms with van der Waals surface area (Å²) in [6.45, 7) is 3.78. The highest BCUT2D eigenvalue weighted by Gasteiger charge is 2.31. The van der Waals surface area contributed by atoms with Crippen LogP contribution in [0.3, 0.4) is 0 Å². The van der Waals surface area contributed by atoms with Gasteiger partial charge in [0.2, 0.25) is 5.91 Å². The number of carbonyl (C=O) groups excluding carboxylic acids is 1. The van der Waals surface area contributed by atoms with E-state index in [-0.39, 0.29) is 36.3 Å². The van der Waals surface area contributed by atoms with E-state index in [0.717, 1.165) is 12.8 Å². The number of benzene rings is 1. The van der Waals surface area contributed by atoms with E-state index in [1.807, 2.05) is 19.9 Å². The largest absolute Gasteiger partial charge is 0.352 e. The van der Waals surface area contributed by atoms with Crippen LogP contribution < -0.4 is 11.1 Å². The Morgan fingerprint density at radius 2 is 1.90 bits per heavy atom. The average Bonchev–Trinajstić information content (AvgIpc) is 2.86. The molecule has 1 amide bonds. The van der Waals surface area contributed by atoms with Crippen LogP contribution in [0.15, 0.2) is 30.3 Å². The molecule has 0 saturated heterocycles. The lowest BCUT2D eigenvalue weighted by atomic mass is 9.93. The standard InChI is InChI=1S/C16H24N2O.ClH/c1-11(12(2)17)16(19)18-15-10-6-9-14(15)13-7-4-3-5-8-13;/h3-5,7-8,11-12,14-15H,6,9-10,17H2,1-2H3,(H,18,19);1H. The summed E-state index contributed by atoms with van der Waals surface area (Å²) in [6, 6.07) is 10.6. The van der Waals surface area contributed by atoms with Gasteiger partial charge in [-0.1, -0.05) is 43.7 Å². The third-order valence-corrected chi connectivity index (χ3v) is 4.27. The van der Waals surface area contributed by atoms with E-state index in [1.54, 1.807) is 0 Å². The van der Waals surface area contributed by atoms with Crippen LogP contribution in [0.2, 0.25) is 0 Å². The molecule has 1 aromatic rings. The fourth-order valence-electron chi connectivity index (χ4n) is 2.78. The number of halogens is 1. The molecule has 1 aromatic carbocycles. The van der Waals surface area contributed by atoms with Crippen molar-refractivity contribution in [3.05, 3.63) is 35.9 Å². The summed E-state index contributed by atoms with van der Waals surface area (Å²) in [7, 11) is 0. The Hall–Kier alpha value is -1.06. The number of rotatable bonds is 4. The zero-order valence-corrected chi connectivity index (χ0v) is 13.0. The van der Waals surface area contributed by atoms with Gasteiger partial charge in [-0.05, 0) is 25.3 Å². The van der Waals surface area contributed by atoms with Crippen molar-refractivity contribution in [3.8, 4) is 0 Å². The first-order valence-electron chi connectivity index (χ1n) is 7.20. The average molecular weight is 297 g/mol. The number of carbonyl (C=O) groups is 1. The highest BCUT2D eigenvalue weighted by Crippen LogP contribution is 2.34. The Morgan fingerprint density at radius 1 is 1.25 bits per heavy atom. The summed E-state index contributed by atoms with van der Waals surface area (Å²) in [5, 5.41) is 3.19. The van der Waals surface area contributed by atoms with E-state index in [2.05, 4.69) is 29.6 Å². The van der Waals surface area contributed by atoms with E-state index < -0.39 is 0 Å². The van der Waals surface area contributed by atoms with Gasteiger partial charge in [0.15, 0.2) is 0 Å². The van der Waals surface area contributed by atoms with E-state index in [1.165, 1.54) is 12.0 Å². The molecule has 0 heterocycles. The maximum absolute atomic E-state index is 12.1. The van der Waals surface area contributed by atoms with Gasteiger partial charge in [-0.25, -0.2) is 0 Å². The maximum Gasteiger partial charge on any atom is 0.224 e. The summed E-state index contributed by atoms with van der Waals surface area (Å²) < 4.78 is 0. The molecule has 1 fully saturated rings. The Bertz CT molecular complexity index is 422. The van der Waals surface area contributed by atoms with Gasteiger partial charge in [0.05, 0.1) is 0 Å². The molecule has 4 atom stereocenters. The van der Waals surface area contributed by atoms with Crippen molar-refractivity contribution >= 4 is 18.3 Å². The van der Waals surface area contributed by atoms with Crippen LogP contribution in [0.4, 0.5) is 0 Å². The molecule has 0 spiro atoms. The molecule has 4 unspecified atom stereocenters. The molecule has 20 heavy (non-hydrogen) atoms. The van der Waals surface area contributed by atoms with Gasteiger partial charge in [-0.3, -0.25) is 4.79 Å². The Balaban J connectivity index is 0.00000200. The first-order chi connectivity index (χ1) is 9.09. The summed E-state index contributed by atoms with van der Waals surface area (Å²) in [4.78, 5) is 12.1. The second kappa shape index (κ2) is 7.65. The predicted molar refractivity (Wildman–Crippen MR) is 85.0 cm³/mol. The molecule has 1 saturated carbocycles. The summed E-state index contributed by atoms with van der Waals surface area (Å²) >= 11 is 0. The molecule has 0 radical (unpaired) electrons. The van der Waals surface area contributed by atoms with Gasteiger partial charge in [0.25, 0.3) is 0 Å². The smallest absolute Gasteiger partial charge is 0.224 e. The molecule has 0 aliphatic heterocycles. The minimum atomic E-state index is -0.128. The Kier molecular flexibility index (Phi) is 6.50. The first-order valence-corrected chi connectivity index (χ1v) is 7.20. The zero-order valence-electron chi connectivity index (χ0n) is 12.2. The lowest BCUT2D eigenvalue weighted by molar-refractivity contribution is -0.125. The molecule has 4 heteroatoms. The third-order valence-electron chi connectivity index (χ3n) is 4.27. The topological polar surface area (TPSA) is 55.1 Å². The van der Waals surface area contributed by atoms with Crippen molar-refractivity contribution in [3.63, 3.8) is 0 Å². The highest BCUT2D eigenvalue weighted by molar-refractivity contribution is 5.85. The van der Waals surface area contributed by atoms with Crippen LogP contribution in [-0.2, 0) is 4.79 Å². The molecule has 0 bridgehead atoms. The van der Waals surface area contributed by atoms with Crippen molar-refractivity contribution in [2.75, 3.05) is 0 Å². The van der Waals surface area contributed by atoms with E-state index >= 15 is 0 Å². The Labute approximate surface area is 127 Å². The van der Waals surface area contributed by atoms with Crippen LogP contribution in [0.25, 0.3) is 0 Å². The van der Waals surface area contributed by atoms with E-state index in [4.69, 9.17) is 5.73 Å². The van der Waals surface area contributed by atoms with Gasteiger partial charge in [0, 0.05) is 23.9 Å². The van der Waals surface area contributed by atoms with Crippen LogP contribution >= 0.6 is 12.4 Å². The monoisotopic (exact) mass is 296 g/mol. The third kappa shape index (κ3) is 3.97. The van der Waals surface area contributed by atoms with Crippen LogP contribution in [0, 0.1) is 5.92 Å². The van der Waals surface area contributed by atoms with Gasteiger partial charge in [-0.15, -0.1) is 12.4 Å². The minimum absolute atomic E-state index is 0. The van der Waals surface area contributed by atoms with E-state index in [9.17, 15) is 4.79 Å². The predicted octanol–water partition coefficient (Wildman–Crippen LogP) is 2.84. The van der Waals surface area contributed by atoms with Crippen LogP contribution in [-0.4, -0.2) is 18.0 Å². The summed E-state index contributed by atoms with van der Waals surface area (Å²) in [5.41, 5.74) is 7.13. The fourth-order valence-corrected chi connectivity index (χ4v) is 2.78. The zero-order chi connectivity index (χ0) is 13.8. The van der Waals surface area contributed by atoms with Gasteiger partial charge in [0.1, 0.15) is 0 Å². The lowest BCUT2D eigenvalue weighted by Gasteiger charge is -2.24. The number of nitrogens with two attached hydrogens (primary N) is 1. The first kappa shape index (κ1) is 17.0. The highest BCUT2D eigenvalue weighted by atomic mass is 35.5. The second-order valence-electron chi connectivity index (χ2n) is 5.71. The quantitative estimate of drug-likeness (QED) is 0.897. The lowest BCUT2D eigenvalue weighted by Crippen LogP contribution is -2.44. The molecule has 1 aliphatic rings. The molecule has 2 rings (SSSR count). The van der Waals surface area contributed by atoms with Gasteiger partial charge >= 0.3 is 0 Å². The molecule has 1 aliphatic carbocycles. The Morgan fingerprint density at radius 3 is 2.50 bits per heavy atom. The number of amides is 1. The molecular weight excluding hydrogens is 272 g/mol. The molecule has 3 nitrogen and oxygen atoms in total. The normalized spacial score (nSPS) is 24.6. The minimum Gasteiger partial charge on any atom is -0.352 e. The summed E-state index contributed by atoms with van der Waals surface area (Å²) in [5.74, 6) is 0.408. The van der Waals surface area contributed by atoms with Gasteiger partial charge in [-0.2, -0.15) is 0 Å². The molecule has 3 N–H and O–H groups in total. The molecule has 112 valence electrons.